The Balaban J connectivity index is 1.80. The molecule has 1 aromatic carbocycles. The smallest absolute Gasteiger partial charge is 0.400 e. The van der Waals surface area contributed by atoms with Gasteiger partial charge in [0.15, 0.2) is 10.1 Å². The second-order valence-electron chi connectivity index (χ2n) is 5.02. The summed E-state index contributed by atoms with van der Waals surface area (Å²) in [5.74, 6) is -0.889. The highest BCUT2D eigenvalue weighted by atomic mass is 32.2. The molecule has 0 spiro atoms. The van der Waals surface area contributed by atoms with Gasteiger partial charge in [-0.25, -0.2) is 0 Å². The van der Waals surface area contributed by atoms with Gasteiger partial charge in [0, 0.05) is 12.1 Å². The zero-order chi connectivity index (χ0) is 19.6. The van der Waals surface area contributed by atoms with Crippen LogP contribution in [-0.2, 0) is 4.79 Å². The number of amides is 1. The Hall–Kier alpha value is -3.38. The fraction of sp³-hybridized carbons (Fsp3) is 0. The predicted octanol–water partition coefficient (Wildman–Crippen LogP) is 3.33. The average Bonchev–Trinajstić information content (AvgIpc) is 3.19. The first-order chi connectivity index (χ1) is 12.8. The van der Waals surface area contributed by atoms with E-state index in [4.69, 9.17) is 16.6 Å². The topological polar surface area (TPSA) is 132 Å². The first kappa shape index (κ1) is 18.4. The van der Waals surface area contributed by atoms with E-state index in [0.29, 0.717) is 5.56 Å². The third-order valence-electron chi connectivity index (χ3n) is 3.25. The first-order valence-electron chi connectivity index (χ1n) is 7.16. The number of thioether (sulfide) groups is 1. The molecule has 1 aromatic heterocycles. The minimum atomic E-state index is -0.696. The van der Waals surface area contributed by atoms with Gasteiger partial charge in [-0.05, 0) is 29.9 Å². The van der Waals surface area contributed by atoms with Gasteiger partial charge in [0.2, 0.25) is 0 Å². The summed E-state index contributed by atoms with van der Waals surface area (Å²) in [6.07, 6.45) is 2.60. The van der Waals surface area contributed by atoms with Crippen molar-refractivity contribution in [1.29, 1.82) is 0 Å². The van der Waals surface area contributed by atoms with Crippen molar-refractivity contribution in [3.05, 3.63) is 72.9 Å². The van der Waals surface area contributed by atoms with Crippen LogP contribution in [0.5, 0.6) is 0 Å². The summed E-state index contributed by atoms with van der Waals surface area (Å²) in [7, 11) is 0. The Labute approximate surface area is 160 Å². The molecule has 0 bridgehead atoms. The number of non-ortho nitro benzene ring substituents is 1. The molecule has 27 heavy (non-hydrogen) atoms. The summed E-state index contributed by atoms with van der Waals surface area (Å²) >= 11 is 6.09. The molecule has 3 rings (SSSR count). The molecular weight excluding hydrogens is 396 g/mol. The van der Waals surface area contributed by atoms with Crippen LogP contribution in [0.1, 0.15) is 11.3 Å². The molecule has 1 fully saturated rings. The lowest BCUT2D eigenvalue weighted by molar-refractivity contribution is -0.402. The lowest BCUT2D eigenvalue weighted by atomic mass is 10.2. The maximum Gasteiger partial charge on any atom is 0.433 e. The van der Waals surface area contributed by atoms with Crippen molar-refractivity contribution in [1.82, 2.24) is 5.01 Å². The van der Waals surface area contributed by atoms with E-state index in [1.807, 2.05) is 0 Å². The molecule has 0 unspecified atom stereocenters. The van der Waals surface area contributed by atoms with E-state index < -0.39 is 21.6 Å². The molecule has 2 aromatic rings. The van der Waals surface area contributed by atoms with Gasteiger partial charge >= 0.3 is 5.88 Å². The van der Waals surface area contributed by atoms with Crippen LogP contribution in [-0.4, -0.2) is 31.3 Å². The highest BCUT2D eigenvalue weighted by Gasteiger charge is 2.32. The molecule has 2 heterocycles. The van der Waals surface area contributed by atoms with Crippen LogP contribution in [0, 0.1) is 20.2 Å². The first-order valence-corrected chi connectivity index (χ1v) is 8.38. The molecule has 12 heteroatoms. The Morgan fingerprint density at radius 1 is 1.19 bits per heavy atom. The Bertz CT molecular complexity index is 1030. The number of benzene rings is 1. The summed E-state index contributed by atoms with van der Waals surface area (Å²) in [6, 6.07) is 8.29. The Morgan fingerprint density at radius 2 is 1.96 bits per heavy atom. The molecule has 1 aliphatic heterocycles. The summed E-state index contributed by atoms with van der Waals surface area (Å²) in [5, 5.41) is 26.3. The molecule has 1 aliphatic rings. The maximum absolute atomic E-state index is 12.4. The molecule has 0 N–H and O–H groups in total. The zero-order valence-electron chi connectivity index (χ0n) is 13.2. The van der Waals surface area contributed by atoms with Crippen molar-refractivity contribution in [2.45, 2.75) is 0 Å². The highest BCUT2D eigenvalue weighted by molar-refractivity contribution is 8.26. The van der Waals surface area contributed by atoms with Gasteiger partial charge in [0.1, 0.15) is 4.92 Å². The van der Waals surface area contributed by atoms with E-state index in [0.717, 1.165) is 29.1 Å². The maximum atomic E-state index is 12.4. The monoisotopic (exact) mass is 404 g/mol. The number of thiocarbonyl (C=S) groups is 1. The average molecular weight is 404 g/mol. The largest absolute Gasteiger partial charge is 0.433 e. The third kappa shape index (κ3) is 4.07. The van der Waals surface area contributed by atoms with Crippen molar-refractivity contribution in [2.24, 2.45) is 5.10 Å². The van der Waals surface area contributed by atoms with E-state index in [-0.39, 0.29) is 20.7 Å². The number of carbonyl (C=O) groups excluding carboxylic acids is 1. The van der Waals surface area contributed by atoms with Gasteiger partial charge < -0.3 is 4.42 Å². The van der Waals surface area contributed by atoms with Crippen LogP contribution >= 0.6 is 24.0 Å². The molecule has 0 atom stereocenters. The normalized spacial score (nSPS) is 15.9. The molecular formula is C15H8N4O6S2. The van der Waals surface area contributed by atoms with Crippen molar-refractivity contribution < 1.29 is 19.1 Å². The third-order valence-corrected chi connectivity index (χ3v) is 4.53. The lowest BCUT2D eigenvalue weighted by Crippen LogP contribution is -2.22. The van der Waals surface area contributed by atoms with Crippen molar-refractivity contribution in [3.63, 3.8) is 0 Å². The number of hydrogen-bond donors (Lipinski definition) is 0. The number of carbonyl (C=O) groups is 1. The second kappa shape index (κ2) is 7.47. The van der Waals surface area contributed by atoms with Crippen molar-refractivity contribution >= 4 is 58.1 Å². The summed E-state index contributed by atoms with van der Waals surface area (Å²) in [5.41, 5.74) is 0.368. The molecule has 136 valence electrons. The SMILES string of the molecule is O=C1/C(=C\c2cccc([N+](=O)[O-])c2)SC(=S)N1/N=C/c1ccc([N+](=O)[O-])o1. The molecule has 1 saturated heterocycles. The number of rotatable bonds is 5. The number of furan rings is 1. The van der Waals surface area contributed by atoms with Crippen LogP contribution in [0.2, 0.25) is 0 Å². The van der Waals surface area contributed by atoms with Crippen LogP contribution in [0.25, 0.3) is 6.08 Å². The highest BCUT2D eigenvalue weighted by Crippen LogP contribution is 2.33. The van der Waals surface area contributed by atoms with Gasteiger partial charge in [-0.2, -0.15) is 10.1 Å². The molecule has 0 aliphatic carbocycles. The molecule has 0 radical (unpaired) electrons. The lowest BCUT2D eigenvalue weighted by Gasteiger charge is -2.05. The van der Waals surface area contributed by atoms with Crippen LogP contribution in [0.4, 0.5) is 11.6 Å². The fourth-order valence-electron chi connectivity index (χ4n) is 2.06. The van der Waals surface area contributed by atoms with Crippen molar-refractivity contribution in [3.8, 4) is 0 Å². The standard InChI is InChI=1S/C15H8N4O6S2/c20-14-12(7-9-2-1-3-10(6-9)18(21)22)27-15(26)17(14)16-8-11-4-5-13(25-11)19(23)24/h1-8H/b12-7+,16-8+. The second-order valence-corrected chi connectivity index (χ2v) is 6.70. The quantitative estimate of drug-likeness (QED) is 0.244. The Kier molecular flexibility index (Phi) is 5.09. The fourth-order valence-corrected chi connectivity index (χ4v) is 3.24. The van der Waals surface area contributed by atoms with E-state index in [1.165, 1.54) is 30.3 Å². The molecule has 1 amide bonds. The van der Waals surface area contributed by atoms with Crippen molar-refractivity contribution in [2.75, 3.05) is 0 Å². The van der Waals surface area contributed by atoms with Gasteiger partial charge in [-0.1, -0.05) is 23.9 Å². The summed E-state index contributed by atoms with van der Waals surface area (Å²) < 4.78 is 5.07. The number of nitro benzene ring substituents is 1. The van der Waals surface area contributed by atoms with Crippen LogP contribution in [0.15, 0.2) is 50.8 Å². The van der Waals surface area contributed by atoms with Gasteiger partial charge in [-0.3, -0.25) is 25.0 Å². The molecule has 0 saturated carbocycles. The number of hydrogen-bond acceptors (Lipinski definition) is 9. The van der Waals surface area contributed by atoms with Gasteiger partial charge in [0.05, 0.1) is 22.1 Å². The van der Waals surface area contributed by atoms with E-state index >= 15 is 0 Å². The van der Waals surface area contributed by atoms with E-state index in [9.17, 15) is 25.0 Å². The van der Waals surface area contributed by atoms with E-state index in [2.05, 4.69) is 5.10 Å². The minimum absolute atomic E-state index is 0.0819. The van der Waals surface area contributed by atoms with E-state index in [1.54, 1.807) is 6.07 Å². The van der Waals surface area contributed by atoms with Crippen LogP contribution < -0.4 is 0 Å². The number of nitro groups is 2. The molecule has 10 nitrogen and oxygen atoms in total. The number of hydrazone groups is 1. The number of nitrogens with zero attached hydrogens (tertiary/aromatic N) is 4. The minimum Gasteiger partial charge on any atom is -0.400 e. The predicted molar refractivity (Wildman–Crippen MR) is 101 cm³/mol. The summed E-state index contributed by atoms with van der Waals surface area (Å²) in [4.78, 5) is 32.9. The van der Waals surface area contributed by atoms with Gasteiger partial charge in [0.25, 0.3) is 11.6 Å². The Morgan fingerprint density at radius 3 is 2.63 bits per heavy atom. The van der Waals surface area contributed by atoms with Gasteiger partial charge in [-0.15, -0.1) is 0 Å². The summed E-state index contributed by atoms with van der Waals surface area (Å²) in [6.45, 7) is 0. The zero-order valence-corrected chi connectivity index (χ0v) is 14.8. The van der Waals surface area contributed by atoms with Crippen LogP contribution in [0.3, 0.4) is 0 Å².